The number of phenols is 2. The van der Waals surface area contributed by atoms with Crippen LogP contribution in [-0.4, -0.2) is 39.4 Å². The maximum absolute atomic E-state index is 13.2. The lowest BCUT2D eigenvalue weighted by atomic mass is 10.1. The van der Waals surface area contributed by atoms with Crippen molar-refractivity contribution in [3.8, 4) is 23.0 Å². The van der Waals surface area contributed by atoms with E-state index in [0.29, 0.717) is 41.5 Å². The zero-order valence-corrected chi connectivity index (χ0v) is 20.6. The average Bonchev–Trinajstić information content (AvgIpc) is 3.28. The molecule has 3 aromatic rings. The number of benzene rings is 3. The molecule has 36 heavy (non-hydrogen) atoms. The van der Waals surface area contributed by atoms with Crippen molar-refractivity contribution in [2.24, 2.45) is 5.10 Å². The summed E-state index contributed by atoms with van der Waals surface area (Å²) in [6.07, 6.45) is 0. The SMILES string of the molecule is CCOc1cccc(CN2N=C(C(=O)Nc3ccc(F)cc3)SC2c2cccc(OCC)c2O)c1O. The highest BCUT2D eigenvalue weighted by Crippen LogP contribution is 2.47. The van der Waals surface area contributed by atoms with Gasteiger partial charge in [0.15, 0.2) is 28.0 Å². The minimum atomic E-state index is -0.588. The maximum Gasteiger partial charge on any atom is 0.282 e. The molecule has 3 N–H and O–H groups in total. The Labute approximate surface area is 212 Å². The van der Waals surface area contributed by atoms with Crippen LogP contribution in [0.2, 0.25) is 0 Å². The summed E-state index contributed by atoms with van der Waals surface area (Å²) in [5.41, 5.74) is 1.46. The van der Waals surface area contributed by atoms with E-state index >= 15 is 0 Å². The molecule has 0 aromatic heterocycles. The first-order valence-corrected chi connectivity index (χ1v) is 12.3. The van der Waals surface area contributed by atoms with Gasteiger partial charge in [0.1, 0.15) is 11.2 Å². The molecule has 1 atom stereocenters. The Bertz CT molecular complexity index is 1270. The largest absolute Gasteiger partial charge is 0.504 e. The standard InChI is InChI=1S/C26H26FN3O5S/c1-3-34-20-9-5-7-16(22(20)31)15-30-26(19-8-6-10-21(23(19)32)35-4-2)36-25(29-30)24(33)28-18-13-11-17(27)12-14-18/h5-14,26,31-32H,3-4,15H2,1-2H3,(H,28,33). The maximum atomic E-state index is 13.2. The number of amides is 1. The third-order valence-corrected chi connectivity index (χ3v) is 6.53. The van der Waals surface area contributed by atoms with Gasteiger partial charge in [-0.1, -0.05) is 36.0 Å². The van der Waals surface area contributed by atoms with Crippen LogP contribution in [0.3, 0.4) is 0 Å². The van der Waals surface area contributed by atoms with Crippen LogP contribution in [0.1, 0.15) is 30.3 Å². The molecule has 8 nitrogen and oxygen atoms in total. The van der Waals surface area contributed by atoms with E-state index in [1.54, 1.807) is 41.4 Å². The lowest BCUT2D eigenvalue weighted by molar-refractivity contribution is -0.110. The zero-order chi connectivity index (χ0) is 25.7. The van der Waals surface area contributed by atoms with Crippen LogP contribution in [0.5, 0.6) is 23.0 Å². The van der Waals surface area contributed by atoms with Crippen molar-refractivity contribution in [2.45, 2.75) is 25.8 Å². The number of phenolic OH excluding ortho intramolecular Hbond substituents is 2. The molecule has 1 amide bonds. The summed E-state index contributed by atoms with van der Waals surface area (Å²) in [7, 11) is 0. The number of carbonyl (C=O) groups excluding carboxylic acids is 1. The number of nitrogens with one attached hydrogen (secondary N) is 1. The van der Waals surface area contributed by atoms with Gasteiger partial charge in [0.05, 0.1) is 19.8 Å². The van der Waals surface area contributed by atoms with E-state index in [9.17, 15) is 19.4 Å². The third kappa shape index (κ3) is 5.49. The molecule has 1 unspecified atom stereocenters. The van der Waals surface area contributed by atoms with Gasteiger partial charge in [0, 0.05) is 16.8 Å². The quantitative estimate of drug-likeness (QED) is 0.361. The van der Waals surface area contributed by atoms with Gasteiger partial charge in [0.25, 0.3) is 5.91 Å². The molecule has 3 aromatic carbocycles. The molecule has 0 radical (unpaired) electrons. The average molecular weight is 512 g/mol. The molecular weight excluding hydrogens is 485 g/mol. The van der Waals surface area contributed by atoms with Gasteiger partial charge in [-0.25, -0.2) is 4.39 Å². The fourth-order valence-electron chi connectivity index (χ4n) is 3.67. The van der Waals surface area contributed by atoms with E-state index in [2.05, 4.69) is 10.4 Å². The number of hydrogen-bond donors (Lipinski definition) is 3. The van der Waals surface area contributed by atoms with Gasteiger partial charge >= 0.3 is 0 Å². The summed E-state index contributed by atoms with van der Waals surface area (Å²) in [5, 5.41) is 30.0. The van der Waals surface area contributed by atoms with Crippen molar-refractivity contribution < 1.29 is 28.9 Å². The first-order valence-electron chi connectivity index (χ1n) is 11.4. The second-order valence-electron chi connectivity index (χ2n) is 7.76. The lowest BCUT2D eigenvalue weighted by Gasteiger charge is -2.25. The van der Waals surface area contributed by atoms with Crippen molar-refractivity contribution in [3.05, 3.63) is 77.6 Å². The van der Waals surface area contributed by atoms with Crippen molar-refractivity contribution in [1.82, 2.24) is 5.01 Å². The molecule has 0 saturated carbocycles. The van der Waals surface area contributed by atoms with Crippen LogP contribution in [0.25, 0.3) is 0 Å². The summed E-state index contributed by atoms with van der Waals surface area (Å²) < 4.78 is 24.3. The van der Waals surface area contributed by atoms with Crippen LogP contribution in [0, 0.1) is 5.82 Å². The van der Waals surface area contributed by atoms with Crippen molar-refractivity contribution in [3.63, 3.8) is 0 Å². The first kappa shape index (κ1) is 25.2. The van der Waals surface area contributed by atoms with Gasteiger partial charge < -0.3 is 25.0 Å². The summed E-state index contributed by atoms with van der Waals surface area (Å²) >= 11 is 1.14. The summed E-state index contributed by atoms with van der Waals surface area (Å²) in [6, 6.07) is 15.7. The topological polar surface area (TPSA) is 104 Å². The predicted octanol–water partition coefficient (Wildman–Crippen LogP) is 5.23. The Hall–Kier alpha value is -3.92. The van der Waals surface area contributed by atoms with Gasteiger partial charge in [-0.2, -0.15) is 5.10 Å². The van der Waals surface area contributed by atoms with Crippen molar-refractivity contribution in [2.75, 3.05) is 18.5 Å². The number of thioether (sulfide) groups is 1. The second-order valence-corrected chi connectivity index (χ2v) is 8.83. The number of nitrogens with zero attached hydrogens (tertiary/aromatic N) is 2. The van der Waals surface area contributed by atoms with Crippen LogP contribution < -0.4 is 14.8 Å². The van der Waals surface area contributed by atoms with E-state index in [-0.39, 0.29) is 23.1 Å². The van der Waals surface area contributed by atoms with Gasteiger partial charge in [-0.05, 0) is 50.2 Å². The molecule has 0 fully saturated rings. The summed E-state index contributed by atoms with van der Waals surface area (Å²) in [4.78, 5) is 13.0. The Morgan fingerprint density at radius 3 is 2.31 bits per heavy atom. The Morgan fingerprint density at radius 2 is 1.64 bits per heavy atom. The number of hydrogen-bond acceptors (Lipinski definition) is 8. The lowest BCUT2D eigenvalue weighted by Crippen LogP contribution is -2.19. The molecule has 1 heterocycles. The number of para-hydroxylation sites is 2. The molecular formula is C26H26FN3O5S. The number of aromatic hydroxyl groups is 2. The van der Waals surface area contributed by atoms with Crippen molar-refractivity contribution in [1.29, 1.82) is 0 Å². The fraction of sp³-hybridized carbons (Fsp3) is 0.231. The number of anilines is 1. The van der Waals surface area contributed by atoms with Crippen LogP contribution in [0.15, 0.2) is 65.8 Å². The number of halogens is 1. The Kier molecular flexibility index (Phi) is 7.84. The Balaban J connectivity index is 1.66. The molecule has 4 rings (SSSR count). The highest BCUT2D eigenvalue weighted by atomic mass is 32.2. The smallest absolute Gasteiger partial charge is 0.282 e. The minimum Gasteiger partial charge on any atom is -0.504 e. The normalized spacial score (nSPS) is 14.9. The van der Waals surface area contributed by atoms with E-state index in [4.69, 9.17) is 9.47 Å². The summed E-state index contributed by atoms with van der Waals surface area (Å²) in [5.74, 6) is -0.296. The molecule has 188 valence electrons. The fourth-order valence-corrected chi connectivity index (χ4v) is 4.75. The Morgan fingerprint density at radius 1 is 1.00 bits per heavy atom. The molecule has 1 aliphatic rings. The van der Waals surface area contributed by atoms with Crippen LogP contribution >= 0.6 is 11.8 Å². The number of ether oxygens (including phenoxy) is 2. The van der Waals surface area contributed by atoms with E-state index in [1.165, 1.54) is 24.3 Å². The number of hydrazone groups is 1. The van der Waals surface area contributed by atoms with Gasteiger partial charge in [-0.15, -0.1) is 0 Å². The third-order valence-electron chi connectivity index (χ3n) is 5.32. The molecule has 0 aliphatic carbocycles. The van der Waals surface area contributed by atoms with Crippen LogP contribution in [-0.2, 0) is 11.3 Å². The van der Waals surface area contributed by atoms with Crippen LogP contribution in [0.4, 0.5) is 10.1 Å². The highest BCUT2D eigenvalue weighted by molar-refractivity contribution is 8.16. The van der Waals surface area contributed by atoms with E-state index < -0.39 is 17.1 Å². The number of rotatable bonds is 9. The van der Waals surface area contributed by atoms with E-state index in [0.717, 1.165) is 11.8 Å². The zero-order valence-electron chi connectivity index (χ0n) is 19.8. The predicted molar refractivity (Wildman–Crippen MR) is 137 cm³/mol. The van der Waals surface area contributed by atoms with E-state index in [1.807, 2.05) is 13.8 Å². The second kappa shape index (κ2) is 11.2. The molecule has 0 saturated heterocycles. The molecule has 0 bridgehead atoms. The molecule has 0 spiro atoms. The monoisotopic (exact) mass is 511 g/mol. The summed E-state index contributed by atoms with van der Waals surface area (Å²) in [6.45, 7) is 4.54. The minimum absolute atomic E-state index is 0.0187. The van der Waals surface area contributed by atoms with Gasteiger partial charge in [-0.3, -0.25) is 9.80 Å². The molecule has 10 heteroatoms. The molecule has 1 aliphatic heterocycles. The van der Waals surface area contributed by atoms with Crippen molar-refractivity contribution >= 4 is 28.4 Å². The highest BCUT2D eigenvalue weighted by Gasteiger charge is 2.35. The first-order chi connectivity index (χ1) is 17.4. The number of carbonyl (C=O) groups is 1. The van der Waals surface area contributed by atoms with Gasteiger partial charge in [0.2, 0.25) is 0 Å².